The molecule has 1 aromatic carbocycles. The first-order valence-electron chi connectivity index (χ1n) is 7.17. The number of aliphatic carboxylic acids is 1. The number of nitrogen functional groups attached to an aromatic ring is 1. The summed E-state index contributed by atoms with van der Waals surface area (Å²) in [5.74, 6) is -1.10. The molecule has 0 aliphatic heterocycles. The second-order valence-corrected chi connectivity index (χ2v) is 6.29. The van der Waals surface area contributed by atoms with Crippen molar-refractivity contribution in [2.45, 2.75) is 51.7 Å². The predicted molar refractivity (Wildman–Crippen MR) is 84.6 cm³/mol. The molecule has 0 aliphatic rings. The van der Waals surface area contributed by atoms with Crippen molar-refractivity contribution in [3.63, 3.8) is 0 Å². The van der Waals surface area contributed by atoms with Crippen molar-refractivity contribution >= 4 is 17.7 Å². The van der Waals surface area contributed by atoms with Gasteiger partial charge in [0, 0.05) is 12.1 Å². The maximum atomic E-state index is 12.0. The third kappa shape index (κ3) is 4.95. The number of amides is 1. The van der Waals surface area contributed by atoms with E-state index in [1.807, 2.05) is 0 Å². The number of rotatable bonds is 5. The number of carbonyl (C=O) groups is 2. The van der Waals surface area contributed by atoms with Crippen molar-refractivity contribution in [3.05, 3.63) is 29.8 Å². The number of carboxylic acids is 1. The molecule has 1 aromatic rings. The Kier molecular flexibility index (Phi) is 5.41. The molecule has 1 rings (SSSR count). The molecule has 0 aliphatic carbocycles. The largest absolute Gasteiger partial charge is 0.479 e. The molecule has 0 spiro atoms. The van der Waals surface area contributed by atoms with Crippen LogP contribution in [0.25, 0.3) is 0 Å². The van der Waals surface area contributed by atoms with Crippen LogP contribution in [0, 0.1) is 0 Å². The zero-order valence-corrected chi connectivity index (χ0v) is 13.5. The summed E-state index contributed by atoms with van der Waals surface area (Å²) in [6.45, 7) is 6.88. The van der Waals surface area contributed by atoms with Gasteiger partial charge in [-0.25, -0.2) is 9.59 Å². The molecular weight excluding hydrogens is 284 g/mol. The summed E-state index contributed by atoms with van der Waals surface area (Å²) in [4.78, 5) is 23.7. The SMILES string of the molecule is CCC(Cc1ccc(N)cc1)(NC(=O)OC(C)(C)C)C(=O)O. The lowest BCUT2D eigenvalue weighted by molar-refractivity contribution is -0.145. The highest BCUT2D eigenvalue weighted by atomic mass is 16.6. The molecule has 0 heterocycles. The fourth-order valence-electron chi connectivity index (χ4n) is 2.02. The number of carboxylic acid groups (broad SMARTS) is 1. The number of hydrogen-bond acceptors (Lipinski definition) is 4. The summed E-state index contributed by atoms with van der Waals surface area (Å²) in [6, 6.07) is 6.90. The molecule has 1 unspecified atom stereocenters. The van der Waals surface area contributed by atoms with Crippen LogP contribution < -0.4 is 11.1 Å². The zero-order valence-electron chi connectivity index (χ0n) is 13.5. The maximum absolute atomic E-state index is 12.0. The van der Waals surface area contributed by atoms with E-state index in [0.29, 0.717) is 5.69 Å². The zero-order chi connectivity index (χ0) is 17.0. The van der Waals surface area contributed by atoms with Crippen LogP contribution in [0.5, 0.6) is 0 Å². The highest BCUT2D eigenvalue weighted by Gasteiger charge is 2.39. The molecule has 0 fully saturated rings. The number of carbonyl (C=O) groups excluding carboxylic acids is 1. The molecule has 6 nitrogen and oxygen atoms in total. The van der Waals surface area contributed by atoms with Gasteiger partial charge in [0.25, 0.3) is 0 Å². The number of nitrogens with two attached hydrogens (primary N) is 1. The molecule has 0 radical (unpaired) electrons. The Bertz CT molecular complexity index is 534. The van der Waals surface area contributed by atoms with E-state index in [-0.39, 0.29) is 12.8 Å². The Balaban J connectivity index is 2.97. The lowest BCUT2D eigenvalue weighted by atomic mass is 9.88. The van der Waals surface area contributed by atoms with Crippen molar-refractivity contribution in [1.82, 2.24) is 5.32 Å². The van der Waals surface area contributed by atoms with Crippen LogP contribution in [0.15, 0.2) is 24.3 Å². The minimum Gasteiger partial charge on any atom is -0.479 e. The lowest BCUT2D eigenvalue weighted by Crippen LogP contribution is -2.56. The van der Waals surface area contributed by atoms with Gasteiger partial charge in [-0.2, -0.15) is 0 Å². The van der Waals surface area contributed by atoms with Crippen molar-refractivity contribution in [1.29, 1.82) is 0 Å². The Morgan fingerprint density at radius 1 is 1.23 bits per heavy atom. The fraction of sp³-hybridized carbons (Fsp3) is 0.500. The Morgan fingerprint density at radius 3 is 2.18 bits per heavy atom. The van der Waals surface area contributed by atoms with Crippen LogP contribution in [-0.4, -0.2) is 28.3 Å². The van der Waals surface area contributed by atoms with Crippen molar-refractivity contribution < 1.29 is 19.4 Å². The second kappa shape index (κ2) is 6.68. The highest BCUT2D eigenvalue weighted by Crippen LogP contribution is 2.20. The third-order valence-corrected chi connectivity index (χ3v) is 3.24. The molecule has 0 saturated heterocycles. The van der Waals surface area contributed by atoms with E-state index in [1.165, 1.54) is 0 Å². The van der Waals surface area contributed by atoms with Crippen LogP contribution in [-0.2, 0) is 16.0 Å². The van der Waals surface area contributed by atoms with E-state index >= 15 is 0 Å². The minimum atomic E-state index is -1.42. The Morgan fingerprint density at radius 2 is 1.77 bits per heavy atom. The number of nitrogens with one attached hydrogen (secondary N) is 1. The van der Waals surface area contributed by atoms with E-state index in [0.717, 1.165) is 5.56 Å². The summed E-state index contributed by atoms with van der Waals surface area (Å²) in [5, 5.41) is 12.1. The fourth-order valence-corrected chi connectivity index (χ4v) is 2.02. The van der Waals surface area contributed by atoms with Gasteiger partial charge in [-0.1, -0.05) is 19.1 Å². The number of hydrogen-bond donors (Lipinski definition) is 3. The number of ether oxygens (including phenoxy) is 1. The summed E-state index contributed by atoms with van der Waals surface area (Å²) in [5.41, 5.74) is 4.89. The van der Waals surface area contributed by atoms with Crippen LogP contribution in [0.2, 0.25) is 0 Å². The van der Waals surface area contributed by atoms with E-state index < -0.39 is 23.2 Å². The lowest BCUT2D eigenvalue weighted by Gasteiger charge is -2.31. The van der Waals surface area contributed by atoms with Crippen molar-refractivity contribution in [2.24, 2.45) is 0 Å². The number of benzene rings is 1. The summed E-state index contributed by atoms with van der Waals surface area (Å²) in [6.07, 6.45) is -0.364. The Labute approximate surface area is 130 Å². The highest BCUT2D eigenvalue weighted by molar-refractivity contribution is 5.84. The molecular formula is C16H24N2O4. The van der Waals surface area contributed by atoms with E-state index in [1.54, 1.807) is 52.0 Å². The average Bonchev–Trinajstić information content (AvgIpc) is 2.38. The second-order valence-electron chi connectivity index (χ2n) is 6.29. The van der Waals surface area contributed by atoms with Crippen molar-refractivity contribution in [2.75, 3.05) is 5.73 Å². The molecule has 6 heteroatoms. The van der Waals surface area contributed by atoms with Crippen LogP contribution in [0.1, 0.15) is 39.7 Å². The average molecular weight is 308 g/mol. The predicted octanol–water partition coefficient (Wildman–Crippen LogP) is 2.57. The van der Waals surface area contributed by atoms with Crippen LogP contribution in [0.4, 0.5) is 10.5 Å². The van der Waals surface area contributed by atoms with Gasteiger partial charge < -0.3 is 20.9 Å². The Hall–Kier alpha value is -2.24. The normalized spacial score (nSPS) is 14.0. The summed E-state index contributed by atoms with van der Waals surface area (Å²) < 4.78 is 5.17. The van der Waals surface area contributed by atoms with E-state index in [4.69, 9.17) is 10.5 Å². The molecule has 122 valence electrons. The smallest absolute Gasteiger partial charge is 0.408 e. The first-order chi connectivity index (χ1) is 10.1. The number of alkyl carbamates (subject to hydrolysis) is 1. The molecule has 0 aromatic heterocycles. The molecule has 0 saturated carbocycles. The third-order valence-electron chi connectivity index (χ3n) is 3.24. The van der Waals surface area contributed by atoms with Crippen molar-refractivity contribution in [3.8, 4) is 0 Å². The standard InChI is InChI=1S/C16H24N2O4/c1-5-16(13(19)20,18-14(21)22-15(2,3)4)10-11-6-8-12(17)9-7-11/h6-9H,5,10,17H2,1-4H3,(H,18,21)(H,19,20). The van der Waals surface area contributed by atoms with Gasteiger partial charge in [-0.3, -0.25) is 0 Å². The molecule has 1 atom stereocenters. The maximum Gasteiger partial charge on any atom is 0.408 e. The minimum absolute atomic E-state index is 0.151. The monoisotopic (exact) mass is 308 g/mol. The summed E-state index contributed by atoms with van der Waals surface area (Å²) >= 11 is 0. The topological polar surface area (TPSA) is 102 Å². The number of anilines is 1. The molecule has 0 bridgehead atoms. The van der Waals surface area contributed by atoms with Crippen LogP contribution >= 0.6 is 0 Å². The van der Waals surface area contributed by atoms with Gasteiger partial charge in [0.05, 0.1) is 0 Å². The van der Waals surface area contributed by atoms with Gasteiger partial charge >= 0.3 is 12.1 Å². The quantitative estimate of drug-likeness (QED) is 0.726. The first-order valence-corrected chi connectivity index (χ1v) is 7.17. The van der Waals surface area contributed by atoms with E-state index in [9.17, 15) is 14.7 Å². The van der Waals surface area contributed by atoms with E-state index in [2.05, 4.69) is 5.32 Å². The van der Waals surface area contributed by atoms with Gasteiger partial charge in [-0.15, -0.1) is 0 Å². The summed E-state index contributed by atoms with van der Waals surface area (Å²) in [7, 11) is 0. The van der Waals surface area contributed by atoms with Gasteiger partial charge in [0.2, 0.25) is 0 Å². The van der Waals surface area contributed by atoms with Crippen LogP contribution in [0.3, 0.4) is 0 Å². The van der Waals surface area contributed by atoms with Gasteiger partial charge in [-0.05, 0) is 44.9 Å². The first kappa shape index (κ1) is 17.8. The van der Waals surface area contributed by atoms with Gasteiger partial charge in [0.1, 0.15) is 11.1 Å². The molecule has 1 amide bonds. The molecule has 22 heavy (non-hydrogen) atoms. The molecule has 4 N–H and O–H groups in total. The van der Waals surface area contributed by atoms with Gasteiger partial charge in [0.15, 0.2) is 0 Å².